The molecule has 0 saturated heterocycles. The predicted molar refractivity (Wildman–Crippen MR) is 83.1 cm³/mol. The summed E-state index contributed by atoms with van der Waals surface area (Å²) in [5.41, 5.74) is 1.03. The summed E-state index contributed by atoms with van der Waals surface area (Å²) in [4.78, 5) is 2.18. The molecule has 4 heteroatoms. The summed E-state index contributed by atoms with van der Waals surface area (Å²) in [5, 5.41) is 3.55. The van der Waals surface area contributed by atoms with Crippen LogP contribution in [0.25, 0.3) is 0 Å². The van der Waals surface area contributed by atoms with Gasteiger partial charge in [-0.05, 0) is 70.2 Å². The van der Waals surface area contributed by atoms with Crippen molar-refractivity contribution in [2.45, 2.75) is 32.2 Å². The third-order valence-corrected chi connectivity index (χ3v) is 3.86. The maximum absolute atomic E-state index is 13.3. The van der Waals surface area contributed by atoms with E-state index in [1.807, 2.05) is 0 Å². The molecule has 0 fully saturated rings. The van der Waals surface area contributed by atoms with Crippen LogP contribution in [0.2, 0.25) is 0 Å². The molecule has 0 radical (unpaired) electrons. The number of benzene rings is 1. The number of rotatable bonds is 8. The van der Waals surface area contributed by atoms with Gasteiger partial charge in [0.2, 0.25) is 0 Å². The van der Waals surface area contributed by atoms with Crippen molar-refractivity contribution in [1.82, 2.24) is 10.2 Å². The number of hydrogen-bond acceptors (Lipinski definition) is 2. The Balaban J connectivity index is 2.66. The number of nitrogens with one attached hydrogen (secondary N) is 1. The molecule has 1 unspecified atom stereocenters. The summed E-state index contributed by atoms with van der Waals surface area (Å²) < 4.78 is 14.3. The highest BCUT2D eigenvalue weighted by molar-refractivity contribution is 9.10. The number of hydrogen-bond donors (Lipinski definition) is 1. The molecule has 1 N–H and O–H groups in total. The lowest BCUT2D eigenvalue weighted by Gasteiger charge is -2.21. The van der Waals surface area contributed by atoms with Crippen LogP contribution in [0.15, 0.2) is 22.7 Å². The van der Waals surface area contributed by atoms with Gasteiger partial charge in [0, 0.05) is 10.5 Å². The molecule has 0 aromatic heterocycles. The first-order valence-electron chi connectivity index (χ1n) is 6.85. The third kappa shape index (κ3) is 6.50. The summed E-state index contributed by atoms with van der Waals surface area (Å²) in [6.45, 7) is 4.20. The maximum atomic E-state index is 13.3. The minimum Gasteiger partial charge on any atom is -0.314 e. The Morgan fingerprint density at radius 1 is 1.37 bits per heavy atom. The molecular weight excluding hydrogens is 307 g/mol. The lowest BCUT2D eigenvalue weighted by molar-refractivity contribution is 0.356. The second-order valence-corrected chi connectivity index (χ2v) is 6.04. The van der Waals surface area contributed by atoms with Crippen LogP contribution < -0.4 is 5.32 Å². The molecule has 1 rings (SSSR count). The highest BCUT2D eigenvalue weighted by atomic mass is 79.9. The number of nitrogens with zero attached hydrogens (tertiary/aromatic N) is 1. The minimum atomic E-state index is -0.167. The lowest BCUT2D eigenvalue weighted by Crippen LogP contribution is -2.34. The van der Waals surface area contributed by atoms with Gasteiger partial charge in [-0.1, -0.05) is 22.9 Å². The van der Waals surface area contributed by atoms with Crippen molar-refractivity contribution in [1.29, 1.82) is 0 Å². The molecule has 0 spiro atoms. The number of halogens is 2. The van der Waals surface area contributed by atoms with E-state index in [1.54, 1.807) is 12.1 Å². The zero-order valence-corrected chi connectivity index (χ0v) is 13.6. The fraction of sp³-hybridized carbons (Fsp3) is 0.600. The van der Waals surface area contributed by atoms with E-state index in [1.165, 1.54) is 6.07 Å². The van der Waals surface area contributed by atoms with Gasteiger partial charge in [0.25, 0.3) is 0 Å². The molecule has 1 aromatic carbocycles. The Labute approximate surface area is 124 Å². The van der Waals surface area contributed by atoms with Gasteiger partial charge in [-0.2, -0.15) is 0 Å². The highest BCUT2D eigenvalue weighted by Crippen LogP contribution is 2.20. The summed E-state index contributed by atoms with van der Waals surface area (Å²) in [7, 11) is 4.16. The Bertz CT molecular complexity index is 382. The monoisotopic (exact) mass is 330 g/mol. The van der Waals surface area contributed by atoms with Crippen LogP contribution in [0.5, 0.6) is 0 Å². The van der Waals surface area contributed by atoms with Gasteiger partial charge in [-0.3, -0.25) is 0 Å². The molecule has 0 aliphatic carbocycles. The first kappa shape index (κ1) is 16.6. The summed E-state index contributed by atoms with van der Waals surface area (Å²) >= 11 is 3.50. The van der Waals surface area contributed by atoms with Crippen LogP contribution in [0, 0.1) is 5.82 Å². The second-order valence-electron chi connectivity index (χ2n) is 5.18. The van der Waals surface area contributed by atoms with Crippen molar-refractivity contribution in [3.05, 3.63) is 34.1 Å². The Hall–Kier alpha value is -0.450. The molecule has 0 aliphatic rings. The average Bonchev–Trinajstić information content (AvgIpc) is 2.36. The average molecular weight is 331 g/mol. The van der Waals surface area contributed by atoms with Crippen molar-refractivity contribution < 1.29 is 4.39 Å². The minimum absolute atomic E-state index is 0.167. The van der Waals surface area contributed by atoms with Crippen molar-refractivity contribution >= 4 is 15.9 Å². The third-order valence-electron chi connectivity index (χ3n) is 3.08. The largest absolute Gasteiger partial charge is 0.314 e. The van der Waals surface area contributed by atoms with Gasteiger partial charge in [0.05, 0.1) is 0 Å². The Kier molecular flexibility index (Phi) is 7.57. The van der Waals surface area contributed by atoms with E-state index in [0.717, 1.165) is 42.4 Å². The van der Waals surface area contributed by atoms with Crippen LogP contribution >= 0.6 is 15.9 Å². The van der Waals surface area contributed by atoms with E-state index in [4.69, 9.17) is 0 Å². The Morgan fingerprint density at radius 2 is 2.11 bits per heavy atom. The van der Waals surface area contributed by atoms with Crippen molar-refractivity contribution in [3.8, 4) is 0 Å². The highest BCUT2D eigenvalue weighted by Gasteiger charge is 2.12. The standard InChI is InChI=1S/C15H24BrFN2/c1-4-8-18-14(7-9-19(2)3)11-12-10-13(17)5-6-15(12)16/h5-6,10,14,18H,4,7-9,11H2,1-3H3. The lowest BCUT2D eigenvalue weighted by atomic mass is 10.0. The van der Waals surface area contributed by atoms with Gasteiger partial charge < -0.3 is 10.2 Å². The van der Waals surface area contributed by atoms with Crippen LogP contribution in [0.3, 0.4) is 0 Å². The van der Waals surface area contributed by atoms with Gasteiger partial charge >= 0.3 is 0 Å². The molecular formula is C15H24BrFN2. The SMILES string of the molecule is CCCNC(CCN(C)C)Cc1cc(F)ccc1Br. The topological polar surface area (TPSA) is 15.3 Å². The fourth-order valence-corrected chi connectivity index (χ4v) is 2.41. The molecule has 0 saturated carbocycles. The van der Waals surface area contributed by atoms with E-state index in [-0.39, 0.29) is 5.82 Å². The molecule has 0 heterocycles. The van der Waals surface area contributed by atoms with Gasteiger partial charge in [0.15, 0.2) is 0 Å². The quantitative estimate of drug-likeness (QED) is 0.785. The second kappa shape index (κ2) is 8.67. The maximum Gasteiger partial charge on any atom is 0.123 e. The molecule has 0 aliphatic heterocycles. The van der Waals surface area contributed by atoms with Gasteiger partial charge in [-0.25, -0.2) is 4.39 Å². The molecule has 2 nitrogen and oxygen atoms in total. The van der Waals surface area contributed by atoms with Crippen LogP contribution in [0.4, 0.5) is 4.39 Å². The van der Waals surface area contributed by atoms with Crippen molar-refractivity contribution in [2.24, 2.45) is 0 Å². The summed E-state index contributed by atoms with van der Waals surface area (Å²) in [6, 6.07) is 5.29. The van der Waals surface area contributed by atoms with Crippen LogP contribution in [0.1, 0.15) is 25.3 Å². The zero-order chi connectivity index (χ0) is 14.3. The Morgan fingerprint density at radius 3 is 2.74 bits per heavy atom. The fourth-order valence-electron chi connectivity index (χ4n) is 2.00. The van der Waals surface area contributed by atoms with E-state index >= 15 is 0 Å². The van der Waals surface area contributed by atoms with E-state index < -0.39 is 0 Å². The smallest absolute Gasteiger partial charge is 0.123 e. The van der Waals surface area contributed by atoms with Gasteiger partial charge in [-0.15, -0.1) is 0 Å². The van der Waals surface area contributed by atoms with Crippen molar-refractivity contribution in [2.75, 3.05) is 27.2 Å². The molecule has 1 aromatic rings. The van der Waals surface area contributed by atoms with Gasteiger partial charge in [0.1, 0.15) is 5.82 Å². The molecule has 0 bridgehead atoms. The first-order valence-corrected chi connectivity index (χ1v) is 7.64. The predicted octanol–water partition coefficient (Wildman–Crippen LogP) is 3.45. The molecule has 1 atom stereocenters. The molecule has 19 heavy (non-hydrogen) atoms. The zero-order valence-electron chi connectivity index (χ0n) is 12.0. The van der Waals surface area contributed by atoms with Crippen molar-refractivity contribution in [3.63, 3.8) is 0 Å². The van der Waals surface area contributed by atoms with E-state index in [2.05, 4.69) is 47.2 Å². The van der Waals surface area contributed by atoms with Crippen LogP contribution in [-0.4, -0.2) is 38.1 Å². The summed E-state index contributed by atoms with van der Waals surface area (Å²) in [5.74, 6) is -0.167. The summed E-state index contributed by atoms with van der Waals surface area (Å²) in [6.07, 6.45) is 3.03. The van der Waals surface area contributed by atoms with Crippen LogP contribution in [-0.2, 0) is 6.42 Å². The van der Waals surface area contributed by atoms with E-state index in [9.17, 15) is 4.39 Å². The molecule has 0 amide bonds. The first-order chi connectivity index (χ1) is 9.02. The normalized spacial score (nSPS) is 12.9. The van der Waals surface area contributed by atoms with E-state index in [0.29, 0.717) is 6.04 Å². The molecule has 108 valence electrons.